The molecule has 2 heteroatoms. The number of rotatable bonds is 4. The molecule has 0 aromatic rings. The van der Waals surface area contributed by atoms with Crippen LogP contribution in [-0.4, -0.2) is 31.1 Å². The van der Waals surface area contributed by atoms with Crippen LogP contribution in [-0.2, 0) is 0 Å². The molecule has 96 valence electrons. The molecule has 2 N–H and O–H groups in total. The lowest BCUT2D eigenvalue weighted by atomic mass is 9.83. The van der Waals surface area contributed by atoms with Gasteiger partial charge in [0.1, 0.15) is 0 Å². The van der Waals surface area contributed by atoms with E-state index >= 15 is 0 Å². The maximum Gasteiger partial charge on any atom is 0.00127 e. The molecule has 0 radical (unpaired) electrons. The van der Waals surface area contributed by atoms with Crippen LogP contribution < -0.4 is 5.73 Å². The zero-order chi connectivity index (χ0) is 12.2. The molecule has 1 aliphatic rings. The Morgan fingerprint density at radius 2 is 1.94 bits per heavy atom. The highest BCUT2D eigenvalue weighted by Crippen LogP contribution is 2.27. The first kappa shape index (κ1) is 14.0. The molecule has 16 heavy (non-hydrogen) atoms. The Balaban J connectivity index is 2.36. The largest absolute Gasteiger partial charge is 0.330 e. The molecule has 1 heterocycles. The Hall–Kier alpha value is -0.0800. The Morgan fingerprint density at radius 1 is 1.25 bits per heavy atom. The van der Waals surface area contributed by atoms with Gasteiger partial charge in [0.25, 0.3) is 0 Å². The Labute approximate surface area is 102 Å². The predicted octanol–water partition coefficient (Wildman–Crippen LogP) is 2.73. The maximum absolute atomic E-state index is 5.84. The van der Waals surface area contributed by atoms with Crippen LogP contribution in [0.5, 0.6) is 0 Å². The quantitative estimate of drug-likeness (QED) is 0.798. The van der Waals surface area contributed by atoms with Gasteiger partial charge in [0.05, 0.1) is 0 Å². The van der Waals surface area contributed by atoms with Gasteiger partial charge < -0.3 is 10.6 Å². The second kappa shape index (κ2) is 6.02. The summed E-state index contributed by atoms with van der Waals surface area (Å²) in [5.74, 6) is 1.61. The van der Waals surface area contributed by atoms with Crippen LogP contribution in [0.1, 0.15) is 47.0 Å². The number of nitrogens with two attached hydrogens (primary N) is 1. The van der Waals surface area contributed by atoms with Gasteiger partial charge in [-0.05, 0) is 49.7 Å². The van der Waals surface area contributed by atoms with E-state index in [1.807, 2.05) is 0 Å². The summed E-state index contributed by atoms with van der Waals surface area (Å²) < 4.78 is 0. The second-order valence-electron chi connectivity index (χ2n) is 6.56. The number of nitrogens with zero attached hydrogens (tertiary/aromatic N) is 1. The molecule has 1 rings (SSSR count). The van der Waals surface area contributed by atoms with Gasteiger partial charge >= 0.3 is 0 Å². The molecule has 2 unspecified atom stereocenters. The van der Waals surface area contributed by atoms with E-state index in [0.29, 0.717) is 5.41 Å². The minimum atomic E-state index is 0.465. The van der Waals surface area contributed by atoms with Gasteiger partial charge in [-0.2, -0.15) is 0 Å². The van der Waals surface area contributed by atoms with E-state index in [1.165, 1.54) is 38.9 Å². The topological polar surface area (TPSA) is 29.3 Å². The third-order valence-corrected chi connectivity index (χ3v) is 3.98. The van der Waals surface area contributed by atoms with Gasteiger partial charge in [-0.15, -0.1) is 0 Å². The summed E-state index contributed by atoms with van der Waals surface area (Å²) in [7, 11) is 0. The number of hydrogen-bond donors (Lipinski definition) is 1. The fraction of sp³-hybridized carbons (Fsp3) is 1.00. The van der Waals surface area contributed by atoms with Crippen molar-refractivity contribution in [3.8, 4) is 0 Å². The van der Waals surface area contributed by atoms with Crippen molar-refractivity contribution in [3.05, 3.63) is 0 Å². The molecule has 2 atom stereocenters. The molecule has 1 saturated heterocycles. The van der Waals surface area contributed by atoms with Gasteiger partial charge in [0, 0.05) is 6.54 Å². The van der Waals surface area contributed by atoms with Crippen LogP contribution in [0.25, 0.3) is 0 Å². The standard InChI is InChI=1S/C14H30N2/c1-5-12-11-16(8-6-13(12)10-15)9-7-14(2,3)4/h12-13H,5-11,15H2,1-4H3. The summed E-state index contributed by atoms with van der Waals surface area (Å²) in [6.45, 7) is 14.0. The van der Waals surface area contributed by atoms with Gasteiger partial charge in [0.2, 0.25) is 0 Å². The van der Waals surface area contributed by atoms with E-state index in [0.717, 1.165) is 18.4 Å². The zero-order valence-electron chi connectivity index (χ0n) is 11.6. The number of likely N-dealkylation sites (tertiary alicyclic amines) is 1. The molecule has 1 fully saturated rings. The van der Waals surface area contributed by atoms with Crippen molar-refractivity contribution in [3.63, 3.8) is 0 Å². The molecule has 0 aliphatic carbocycles. The van der Waals surface area contributed by atoms with Crippen molar-refractivity contribution in [2.75, 3.05) is 26.2 Å². The fourth-order valence-electron chi connectivity index (χ4n) is 2.63. The second-order valence-corrected chi connectivity index (χ2v) is 6.56. The molecule has 0 bridgehead atoms. The lowest BCUT2D eigenvalue weighted by molar-refractivity contribution is 0.108. The number of piperidine rings is 1. The van der Waals surface area contributed by atoms with Crippen LogP contribution >= 0.6 is 0 Å². The van der Waals surface area contributed by atoms with Crippen LogP contribution in [0.2, 0.25) is 0 Å². The lowest BCUT2D eigenvalue weighted by Crippen LogP contribution is -2.43. The summed E-state index contributed by atoms with van der Waals surface area (Å²) in [6, 6.07) is 0. The van der Waals surface area contributed by atoms with Crippen LogP contribution in [0.3, 0.4) is 0 Å². The predicted molar refractivity (Wildman–Crippen MR) is 71.5 cm³/mol. The van der Waals surface area contributed by atoms with Crippen LogP contribution in [0.15, 0.2) is 0 Å². The van der Waals surface area contributed by atoms with Crippen molar-refractivity contribution in [1.82, 2.24) is 4.90 Å². The van der Waals surface area contributed by atoms with Gasteiger partial charge in [0.15, 0.2) is 0 Å². The molecular formula is C14H30N2. The van der Waals surface area contributed by atoms with Crippen molar-refractivity contribution >= 4 is 0 Å². The zero-order valence-corrected chi connectivity index (χ0v) is 11.6. The average molecular weight is 226 g/mol. The van der Waals surface area contributed by atoms with E-state index in [9.17, 15) is 0 Å². The lowest BCUT2D eigenvalue weighted by Gasteiger charge is -2.38. The van der Waals surface area contributed by atoms with E-state index in [-0.39, 0.29) is 0 Å². The minimum Gasteiger partial charge on any atom is -0.330 e. The van der Waals surface area contributed by atoms with E-state index in [2.05, 4.69) is 32.6 Å². The Kier molecular flexibility index (Phi) is 5.26. The van der Waals surface area contributed by atoms with Gasteiger partial charge in [-0.1, -0.05) is 34.1 Å². The summed E-state index contributed by atoms with van der Waals surface area (Å²) in [5, 5.41) is 0. The fourth-order valence-corrected chi connectivity index (χ4v) is 2.63. The highest BCUT2D eigenvalue weighted by Gasteiger charge is 2.27. The first-order valence-corrected chi connectivity index (χ1v) is 6.88. The number of hydrogen-bond acceptors (Lipinski definition) is 2. The van der Waals surface area contributed by atoms with E-state index < -0.39 is 0 Å². The maximum atomic E-state index is 5.84. The Bertz CT molecular complexity index is 195. The molecule has 0 aromatic heterocycles. The van der Waals surface area contributed by atoms with Crippen molar-refractivity contribution in [2.24, 2.45) is 23.0 Å². The minimum absolute atomic E-state index is 0.465. The van der Waals surface area contributed by atoms with Crippen LogP contribution in [0.4, 0.5) is 0 Å². The average Bonchev–Trinajstić information content (AvgIpc) is 2.25. The highest BCUT2D eigenvalue weighted by molar-refractivity contribution is 4.81. The molecule has 2 nitrogen and oxygen atoms in total. The monoisotopic (exact) mass is 226 g/mol. The van der Waals surface area contributed by atoms with Crippen molar-refractivity contribution in [1.29, 1.82) is 0 Å². The highest BCUT2D eigenvalue weighted by atomic mass is 15.1. The molecular weight excluding hydrogens is 196 g/mol. The summed E-state index contributed by atoms with van der Waals surface area (Å²) in [6.07, 6.45) is 3.89. The van der Waals surface area contributed by atoms with Gasteiger partial charge in [-0.25, -0.2) is 0 Å². The SMILES string of the molecule is CCC1CN(CCC(C)(C)C)CCC1CN. The molecule has 0 amide bonds. The summed E-state index contributed by atoms with van der Waals surface area (Å²) in [5.41, 5.74) is 6.30. The first-order valence-electron chi connectivity index (χ1n) is 6.88. The van der Waals surface area contributed by atoms with E-state index in [1.54, 1.807) is 0 Å². The molecule has 1 aliphatic heterocycles. The van der Waals surface area contributed by atoms with Crippen LogP contribution in [0, 0.1) is 17.3 Å². The third kappa shape index (κ3) is 4.42. The Morgan fingerprint density at radius 3 is 2.44 bits per heavy atom. The smallest absolute Gasteiger partial charge is 0.00127 e. The van der Waals surface area contributed by atoms with Gasteiger partial charge in [-0.3, -0.25) is 0 Å². The first-order chi connectivity index (χ1) is 7.46. The molecule has 0 spiro atoms. The summed E-state index contributed by atoms with van der Waals surface area (Å²) >= 11 is 0. The van der Waals surface area contributed by atoms with E-state index in [4.69, 9.17) is 5.73 Å². The van der Waals surface area contributed by atoms with Crippen molar-refractivity contribution in [2.45, 2.75) is 47.0 Å². The normalized spacial score (nSPS) is 28.3. The molecule has 0 aromatic carbocycles. The van der Waals surface area contributed by atoms with Crippen molar-refractivity contribution < 1.29 is 0 Å². The summed E-state index contributed by atoms with van der Waals surface area (Å²) in [4.78, 5) is 2.64. The third-order valence-electron chi connectivity index (χ3n) is 3.98. The molecule has 0 saturated carbocycles.